The van der Waals surface area contributed by atoms with Gasteiger partial charge in [-0.05, 0) is 45.1 Å². The van der Waals surface area contributed by atoms with Crippen molar-refractivity contribution in [2.75, 3.05) is 6.54 Å². The predicted octanol–water partition coefficient (Wildman–Crippen LogP) is 3.38. The Morgan fingerprint density at radius 1 is 1.00 bits per heavy atom. The van der Waals surface area contributed by atoms with E-state index in [4.69, 9.17) is 0 Å². The topological polar surface area (TPSA) is 29.1 Å². The van der Waals surface area contributed by atoms with E-state index in [1.807, 2.05) is 0 Å². The van der Waals surface area contributed by atoms with Crippen molar-refractivity contribution in [2.45, 2.75) is 87.7 Å². The van der Waals surface area contributed by atoms with Crippen LogP contribution in [0.25, 0.3) is 0 Å². The fourth-order valence-electron chi connectivity index (χ4n) is 3.46. The summed E-state index contributed by atoms with van der Waals surface area (Å²) in [5.41, 5.74) is 0. The number of hydrogen-bond acceptors (Lipinski definition) is 2. The molecule has 3 heteroatoms. The molecule has 0 amide bonds. The Bertz CT molecular complexity index is 263. The monoisotopic (exact) mass is 271 g/mol. The van der Waals surface area contributed by atoms with E-state index in [2.05, 4.69) is 12.2 Å². The highest BCUT2D eigenvalue weighted by Gasteiger charge is 2.30. The third kappa shape index (κ3) is 4.06. The molecule has 3 atom stereocenters. The Morgan fingerprint density at radius 3 is 2.44 bits per heavy atom. The van der Waals surface area contributed by atoms with Crippen LogP contribution in [0.1, 0.15) is 71.1 Å². The van der Waals surface area contributed by atoms with Gasteiger partial charge in [0.1, 0.15) is 0 Å². The number of rotatable bonds is 5. The molecule has 18 heavy (non-hydrogen) atoms. The standard InChI is InChI=1S/C15H29NOS/c1-2-11-16-13-7-6-10-15(12-13)18(17)14-8-4-3-5-9-14/h13-16H,2-12H2,1H3. The lowest BCUT2D eigenvalue weighted by Crippen LogP contribution is -2.40. The normalized spacial score (nSPS) is 32.3. The van der Waals surface area contributed by atoms with E-state index >= 15 is 0 Å². The van der Waals surface area contributed by atoms with Gasteiger partial charge in [0.05, 0.1) is 0 Å². The van der Waals surface area contributed by atoms with Gasteiger partial charge in [0.2, 0.25) is 0 Å². The second-order valence-corrected chi connectivity index (χ2v) is 8.02. The average molecular weight is 271 g/mol. The van der Waals surface area contributed by atoms with Gasteiger partial charge in [0, 0.05) is 27.3 Å². The van der Waals surface area contributed by atoms with Crippen LogP contribution in [0.4, 0.5) is 0 Å². The van der Waals surface area contributed by atoms with Gasteiger partial charge < -0.3 is 5.32 Å². The quantitative estimate of drug-likeness (QED) is 0.830. The average Bonchev–Trinajstić information content (AvgIpc) is 2.45. The highest BCUT2D eigenvalue weighted by atomic mass is 32.2. The smallest absolute Gasteiger partial charge is 0.0365 e. The van der Waals surface area contributed by atoms with Crippen molar-refractivity contribution >= 4 is 10.8 Å². The summed E-state index contributed by atoms with van der Waals surface area (Å²) >= 11 is 0. The molecule has 0 aliphatic heterocycles. The molecule has 0 aromatic rings. The molecular weight excluding hydrogens is 242 g/mol. The van der Waals surface area contributed by atoms with Gasteiger partial charge in [-0.25, -0.2) is 0 Å². The largest absolute Gasteiger partial charge is 0.314 e. The molecule has 2 nitrogen and oxygen atoms in total. The van der Waals surface area contributed by atoms with Gasteiger partial charge in [0.25, 0.3) is 0 Å². The zero-order valence-corrected chi connectivity index (χ0v) is 12.6. The first-order valence-corrected chi connectivity index (χ1v) is 9.21. The minimum Gasteiger partial charge on any atom is -0.314 e. The molecule has 0 radical (unpaired) electrons. The van der Waals surface area contributed by atoms with Crippen LogP contribution in [0, 0.1) is 0 Å². The van der Waals surface area contributed by atoms with E-state index in [-0.39, 0.29) is 0 Å². The fraction of sp³-hybridized carbons (Fsp3) is 1.00. The van der Waals surface area contributed by atoms with Crippen LogP contribution in [0.2, 0.25) is 0 Å². The Hall–Kier alpha value is 0.110. The van der Waals surface area contributed by atoms with Crippen LogP contribution >= 0.6 is 0 Å². The van der Waals surface area contributed by atoms with Crippen LogP contribution in [0.3, 0.4) is 0 Å². The molecule has 0 heterocycles. The highest BCUT2D eigenvalue weighted by Crippen LogP contribution is 2.30. The Balaban J connectivity index is 1.81. The maximum Gasteiger partial charge on any atom is 0.0365 e. The molecule has 0 bridgehead atoms. The lowest BCUT2D eigenvalue weighted by molar-refractivity contribution is 0.375. The molecule has 0 aromatic heterocycles. The van der Waals surface area contributed by atoms with Crippen molar-refractivity contribution < 1.29 is 4.21 Å². The summed E-state index contributed by atoms with van der Waals surface area (Å²) in [7, 11) is -0.559. The first-order valence-electron chi connectivity index (χ1n) is 7.94. The second-order valence-electron chi connectivity index (χ2n) is 6.03. The zero-order chi connectivity index (χ0) is 12.8. The molecule has 106 valence electrons. The van der Waals surface area contributed by atoms with Gasteiger partial charge in [-0.3, -0.25) is 4.21 Å². The van der Waals surface area contributed by atoms with E-state index < -0.39 is 10.8 Å². The zero-order valence-electron chi connectivity index (χ0n) is 11.8. The Labute approximate surface area is 115 Å². The molecule has 0 saturated heterocycles. The van der Waals surface area contributed by atoms with Crippen molar-refractivity contribution in [3.8, 4) is 0 Å². The van der Waals surface area contributed by atoms with Crippen molar-refractivity contribution in [3.63, 3.8) is 0 Å². The Kier molecular flexibility index (Phi) is 6.16. The summed E-state index contributed by atoms with van der Waals surface area (Å²) in [6.45, 7) is 3.33. The summed E-state index contributed by atoms with van der Waals surface area (Å²) in [5, 5.41) is 4.63. The van der Waals surface area contributed by atoms with Crippen LogP contribution in [-0.2, 0) is 10.8 Å². The van der Waals surface area contributed by atoms with Crippen LogP contribution in [0.15, 0.2) is 0 Å². The van der Waals surface area contributed by atoms with E-state index in [1.165, 1.54) is 57.8 Å². The van der Waals surface area contributed by atoms with Crippen LogP contribution in [-0.4, -0.2) is 27.3 Å². The van der Waals surface area contributed by atoms with Gasteiger partial charge in [0.15, 0.2) is 0 Å². The number of hydrogen-bond donors (Lipinski definition) is 1. The second kappa shape index (κ2) is 7.64. The van der Waals surface area contributed by atoms with E-state index in [1.54, 1.807) is 0 Å². The first kappa shape index (κ1) is 14.5. The summed E-state index contributed by atoms with van der Waals surface area (Å²) in [6.07, 6.45) is 12.5. The summed E-state index contributed by atoms with van der Waals surface area (Å²) in [6, 6.07) is 0.635. The van der Waals surface area contributed by atoms with E-state index in [0.717, 1.165) is 13.0 Å². The van der Waals surface area contributed by atoms with Crippen molar-refractivity contribution in [1.82, 2.24) is 5.32 Å². The third-order valence-electron chi connectivity index (χ3n) is 4.52. The van der Waals surface area contributed by atoms with E-state index in [9.17, 15) is 4.21 Å². The maximum atomic E-state index is 12.7. The molecule has 3 unspecified atom stereocenters. The minimum absolute atomic E-state index is 0.483. The first-order chi connectivity index (χ1) is 8.81. The molecule has 2 aliphatic rings. The molecule has 2 fully saturated rings. The SMILES string of the molecule is CCCNC1CCCC(S(=O)C2CCCCC2)C1. The minimum atomic E-state index is -0.559. The molecule has 0 aromatic carbocycles. The number of nitrogens with one attached hydrogen (secondary N) is 1. The predicted molar refractivity (Wildman–Crippen MR) is 79.4 cm³/mol. The highest BCUT2D eigenvalue weighted by molar-refractivity contribution is 7.86. The van der Waals surface area contributed by atoms with Crippen molar-refractivity contribution in [2.24, 2.45) is 0 Å². The van der Waals surface area contributed by atoms with Crippen molar-refractivity contribution in [1.29, 1.82) is 0 Å². The lowest BCUT2D eigenvalue weighted by Gasteiger charge is -2.32. The summed E-state index contributed by atoms with van der Waals surface area (Å²) in [4.78, 5) is 0. The molecule has 2 aliphatic carbocycles. The van der Waals surface area contributed by atoms with Gasteiger partial charge >= 0.3 is 0 Å². The maximum absolute atomic E-state index is 12.7. The third-order valence-corrected chi connectivity index (χ3v) is 6.73. The van der Waals surface area contributed by atoms with Crippen LogP contribution in [0.5, 0.6) is 0 Å². The lowest BCUT2D eigenvalue weighted by atomic mass is 9.95. The molecule has 1 N–H and O–H groups in total. The van der Waals surface area contributed by atoms with E-state index in [0.29, 0.717) is 16.5 Å². The van der Waals surface area contributed by atoms with Gasteiger partial charge in [-0.15, -0.1) is 0 Å². The summed E-state index contributed by atoms with van der Waals surface area (Å²) < 4.78 is 12.7. The Morgan fingerprint density at radius 2 is 1.72 bits per heavy atom. The molecular formula is C15H29NOS. The molecule has 0 spiro atoms. The van der Waals surface area contributed by atoms with Crippen LogP contribution < -0.4 is 5.32 Å². The fourth-order valence-corrected chi connectivity index (χ4v) is 5.62. The van der Waals surface area contributed by atoms with Crippen molar-refractivity contribution in [3.05, 3.63) is 0 Å². The summed E-state index contributed by atoms with van der Waals surface area (Å²) in [5.74, 6) is 0. The van der Waals surface area contributed by atoms with Gasteiger partial charge in [-0.2, -0.15) is 0 Å². The van der Waals surface area contributed by atoms with Gasteiger partial charge in [-0.1, -0.05) is 32.6 Å². The molecule has 2 rings (SSSR count). The molecule has 2 saturated carbocycles.